The van der Waals surface area contributed by atoms with E-state index in [0.29, 0.717) is 25.7 Å². The number of rotatable bonds is 7. The molecule has 2 aromatic carbocycles. The number of halogens is 1. The standard InChI is InChI=1S/C31H38FN3O3/c1-3-38-31(37)24-7-5-13-34(21-24)28-11-14-33(15-12-28)20-26-18-25-16-22(2)9-10-29(25)35(30(26)36)19-23-6-4-8-27(32)17-23/h4,6,8-10,16-18,24,28H,3,5,7,11-15,19-21H2,1-2H3/t24-/m1/s1. The molecule has 0 N–H and O–H groups in total. The third kappa shape index (κ3) is 6.00. The third-order valence-corrected chi connectivity index (χ3v) is 8.09. The molecule has 5 rings (SSSR count). The van der Waals surface area contributed by atoms with Gasteiger partial charge in [-0.25, -0.2) is 4.39 Å². The molecule has 0 unspecified atom stereocenters. The van der Waals surface area contributed by atoms with Crippen molar-refractivity contribution in [2.45, 2.75) is 58.7 Å². The summed E-state index contributed by atoms with van der Waals surface area (Å²) in [5.74, 6) is -0.368. The van der Waals surface area contributed by atoms with Crippen LogP contribution >= 0.6 is 0 Å². The van der Waals surface area contributed by atoms with Crippen molar-refractivity contribution in [2.75, 3.05) is 32.8 Å². The van der Waals surface area contributed by atoms with Crippen LogP contribution < -0.4 is 5.56 Å². The lowest BCUT2D eigenvalue weighted by Gasteiger charge is -2.41. The van der Waals surface area contributed by atoms with E-state index in [1.807, 2.05) is 31.2 Å². The predicted octanol–water partition coefficient (Wildman–Crippen LogP) is 4.74. The molecule has 2 fully saturated rings. The van der Waals surface area contributed by atoms with Gasteiger partial charge in [0, 0.05) is 24.7 Å². The Morgan fingerprint density at radius 2 is 1.84 bits per heavy atom. The summed E-state index contributed by atoms with van der Waals surface area (Å²) in [6.07, 6.45) is 4.00. The van der Waals surface area contributed by atoms with Gasteiger partial charge in [0.05, 0.1) is 24.6 Å². The van der Waals surface area contributed by atoms with Gasteiger partial charge in [0.2, 0.25) is 0 Å². The molecule has 0 spiro atoms. The number of benzene rings is 2. The average Bonchev–Trinajstić information content (AvgIpc) is 2.91. The molecule has 1 atom stereocenters. The molecule has 2 aliphatic heterocycles. The lowest BCUT2D eigenvalue weighted by Crippen LogP contribution is -2.49. The van der Waals surface area contributed by atoms with Gasteiger partial charge in [0.25, 0.3) is 5.56 Å². The highest BCUT2D eigenvalue weighted by Crippen LogP contribution is 2.26. The van der Waals surface area contributed by atoms with Crippen molar-refractivity contribution in [1.82, 2.24) is 14.4 Å². The fraction of sp³-hybridized carbons (Fsp3) is 0.484. The topological polar surface area (TPSA) is 54.8 Å². The van der Waals surface area contributed by atoms with Gasteiger partial charge in [0.15, 0.2) is 0 Å². The Morgan fingerprint density at radius 1 is 1.03 bits per heavy atom. The average molecular weight is 520 g/mol. The fourth-order valence-electron chi connectivity index (χ4n) is 6.13. The molecule has 202 valence electrons. The van der Waals surface area contributed by atoms with Crippen LogP contribution in [0.3, 0.4) is 0 Å². The molecule has 0 saturated carbocycles. The molecule has 2 aliphatic rings. The summed E-state index contributed by atoms with van der Waals surface area (Å²) in [4.78, 5) is 30.8. The van der Waals surface area contributed by atoms with Gasteiger partial charge in [-0.05, 0) is 100 Å². The smallest absolute Gasteiger partial charge is 0.310 e. The molecular formula is C31H38FN3O3. The Labute approximate surface area is 224 Å². The van der Waals surface area contributed by atoms with Crippen LogP contribution in [0, 0.1) is 18.7 Å². The summed E-state index contributed by atoms with van der Waals surface area (Å²) >= 11 is 0. The van der Waals surface area contributed by atoms with Crippen molar-refractivity contribution in [3.63, 3.8) is 0 Å². The van der Waals surface area contributed by atoms with Gasteiger partial charge in [-0.2, -0.15) is 0 Å². The number of carbonyl (C=O) groups is 1. The lowest BCUT2D eigenvalue weighted by atomic mass is 9.94. The van der Waals surface area contributed by atoms with Crippen molar-refractivity contribution in [3.05, 3.63) is 81.4 Å². The molecule has 7 heteroatoms. The minimum atomic E-state index is -0.294. The summed E-state index contributed by atoms with van der Waals surface area (Å²) in [5.41, 5.74) is 3.55. The van der Waals surface area contributed by atoms with Crippen LogP contribution in [0.2, 0.25) is 0 Å². The third-order valence-electron chi connectivity index (χ3n) is 8.09. The minimum absolute atomic E-state index is 0.0129. The molecule has 2 saturated heterocycles. The van der Waals surface area contributed by atoms with Crippen molar-refractivity contribution >= 4 is 16.9 Å². The number of fused-ring (bicyclic) bond motifs is 1. The van der Waals surface area contributed by atoms with Crippen molar-refractivity contribution < 1.29 is 13.9 Å². The second-order valence-electron chi connectivity index (χ2n) is 10.8. The van der Waals surface area contributed by atoms with Gasteiger partial charge >= 0.3 is 5.97 Å². The van der Waals surface area contributed by atoms with E-state index in [0.717, 1.165) is 79.5 Å². The van der Waals surface area contributed by atoms with Crippen LogP contribution in [0.15, 0.2) is 53.3 Å². The Kier molecular flexibility index (Phi) is 8.24. The lowest BCUT2D eigenvalue weighted by molar-refractivity contribution is -0.150. The minimum Gasteiger partial charge on any atom is -0.466 e. The normalized spacial score (nSPS) is 19.6. The molecule has 3 heterocycles. The molecular weight excluding hydrogens is 481 g/mol. The first-order valence-electron chi connectivity index (χ1n) is 13.9. The first-order valence-corrected chi connectivity index (χ1v) is 13.9. The highest BCUT2D eigenvalue weighted by Gasteiger charge is 2.32. The van der Waals surface area contributed by atoms with Crippen molar-refractivity contribution in [1.29, 1.82) is 0 Å². The van der Waals surface area contributed by atoms with Crippen LogP contribution in [0.1, 0.15) is 49.3 Å². The fourth-order valence-corrected chi connectivity index (χ4v) is 6.13. The Balaban J connectivity index is 1.30. The van der Waals surface area contributed by atoms with E-state index >= 15 is 0 Å². The number of nitrogens with zero attached hydrogens (tertiary/aromatic N) is 3. The van der Waals surface area contributed by atoms with Crippen LogP contribution in [0.4, 0.5) is 4.39 Å². The maximum absolute atomic E-state index is 13.9. The number of likely N-dealkylation sites (tertiary alicyclic amines) is 2. The monoisotopic (exact) mass is 519 g/mol. The first-order chi connectivity index (χ1) is 18.4. The zero-order valence-corrected chi connectivity index (χ0v) is 22.5. The van der Waals surface area contributed by atoms with E-state index in [4.69, 9.17) is 4.74 Å². The molecule has 0 aliphatic carbocycles. The molecule has 0 radical (unpaired) electrons. The number of piperidine rings is 2. The Bertz CT molecular complexity index is 1350. The molecule has 38 heavy (non-hydrogen) atoms. The number of hydrogen-bond donors (Lipinski definition) is 0. The molecule has 1 aromatic heterocycles. The van der Waals surface area contributed by atoms with Gasteiger partial charge in [-0.15, -0.1) is 0 Å². The zero-order chi connectivity index (χ0) is 26.6. The molecule has 0 bridgehead atoms. The molecule has 3 aromatic rings. The number of aryl methyl sites for hydroxylation is 1. The summed E-state index contributed by atoms with van der Waals surface area (Å²) in [6.45, 7) is 8.95. The summed E-state index contributed by atoms with van der Waals surface area (Å²) in [7, 11) is 0. The number of carbonyl (C=O) groups excluding carboxylic acids is 1. The van der Waals surface area contributed by atoms with Crippen LogP contribution in [-0.4, -0.2) is 59.2 Å². The summed E-state index contributed by atoms with van der Waals surface area (Å²) in [6, 6.07) is 15.1. The van der Waals surface area contributed by atoms with E-state index in [1.165, 1.54) is 12.1 Å². The molecule has 6 nitrogen and oxygen atoms in total. The van der Waals surface area contributed by atoms with E-state index in [1.54, 1.807) is 10.6 Å². The molecule has 0 amide bonds. The number of esters is 1. The number of ether oxygens (including phenoxy) is 1. The Morgan fingerprint density at radius 3 is 2.61 bits per heavy atom. The van der Waals surface area contributed by atoms with Gasteiger partial charge in [-0.3, -0.25) is 19.4 Å². The van der Waals surface area contributed by atoms with Crippen LogP contribution in [-0.2, 0) is 22.6 Å². The maximum Gasteiger partial charge on any atom is 0.310 e. The van der Waals surface area contributed by atoms with E-state index < -0.39 is 0 Å². The van der Waals surface area contributed by atoms with Crippen molar-refractivity contribution in [3.8, 4) is 0 Å². The maximum atomic E-state index is 13.9. The van der Waals surface area contributed by atoms with E-state index in [9.17, 15) is 14.0 Å². The largest absolute Gasteiger partial charge is 0.466 e. The summed E-state index contributed by atoms with van der Waals surface area (Å²) < 4.78 is 20.9. The highest BCUT2D eigenvalue weighted by molar-refractivity contribution is 5.80. The second-order valence-corrected chi connectivity index (χ2v) is 10.8. The van der Waals surface area contributed by atoms with Gasteiger partial charge in [0.1, 0.15) is 5.82 Å². The second kappa shape index (κ2) is 11.8. The highest BCUT2D eigenvalue weighted by atomic mass is 19.1. The van der Waals surface area contributed by atoms with E-state index in [2.05, 4.69) is 22.8 Å². The number of aromatic nitrogens is 1. The Hall–Kier alpha value is -3.03. The SMILES string of the molecule is CCOC(=O)[C@@H]1CCCN(C2CCN(Cc3cc4cc(C)ccc4n(Cc4cccc(F)c4)c3=O)CC2)C1. The number of hydrogen-bond acceptors (Lipinski definition) is 5. The van der Waals surface area contributed by atoms with Gasteiger partial charge in [-0.1, -0.05) is 23.8 Å². The first kappa shape index (κ1) is 26.6. The van der Waals surface area contributed by atoms with Crippen LogP contribution in [0.25, 0.3) is 10.9 Å². The van der Waals surface area contributed by atoms with Gasteiger partial charge < -0.3 is 9.30 Å². The van der Waals surface area contributed by atoms with E-state index in [-0.39, 0.29) is 23.3 Å². The predicted molar refractivity (Wildman–Crippen MR) is 148 cm³/mol. The zero-order valence-electron chi connectivity index (χ0n) is 22.5. The summed E-state index contributed by atoms with van der Waals surface area (Å²) in [5, 5.41) is 1.03. The quantitative estimate of drug-likeness (QED) is 0.422. The van der Waals surface area contributed by atoms with Crippen LogP contribution in [0.5, 0.6) is 0 Å². The number of pyridine rings is 1. The van der Waals surface area contributed by atoms with Crippen molar-refractivity contribution in [2.24, 2.45) is 5.92 Å².